The molecule has 2 N–H and O–H groups in total. The Kier molecular flexibility index (Phi) is 3.36. The van der Waals surface area contributed by atoms with Crippen molar-refractivity contribution in [1.82, 2.24) is 0 Å². The Morgan fingerprint density at radius 1 is 1.38 bits per heavy atom. The third kappa shape index (κ3) is 2.10. The van der Waals surface area contributed by atoms with E-state index in [2.05, 4.69) is 36.7 Å². The van der Waals surface area contributed by atoms with Crippen molar-refractivity contribution in [2.24, 2.45) is 16.7 Å². The molecule has 3 atom stereocenters. The Balaban J connectivity index is 1.79. The van der Waals surface area contributed by atoms with Gasteiger partial charge in [-0.05, 0) is 64.7 Å². The average Bonchev–Trinajstić information content (AvgIpc) is 2.75. The first kappa shape index (κ1) is 14.9. The summed E-state index contributed by atoms with van der Waals surface area (Å²) in [4.78, 5) is 12.4. The van der Waals surface area contributed by atoms with Crippen molar-refractivity contribution in [1.29, 1.82) is 0 Å². The van der Waals surface area contributed by atoms with E-state index < -0.39 is 0 Å². The highest BCUT2D eigenvalue weighted by atomic mass is 79.9. The van der Waals surface area contributed by atoms with Crippen LogP contribution in [0.25, 0.3) is 0 Å². The summed E-state index contributed by atoms with van der Waals surface area (Å²) in [5, 5.41) is 0. The van der Waals surface area contributed by atoms with E-state index in [1.165, 1.54) is 6.42 Å². The first-order valence-corrected chi connectivity index (χ1v) is 8.31. The molecule has 1 aromatic rings. The van der Waals surface area contributed by atoms with Crippen LogP contribution >= 0.6 is 15.9 Å². The predicted octanol–water partition coefficient (Wildman–Crippen LogP) is 4.40. The maximum Gasteiger partial charge on any atom is 0.338 e. The summed E-state index contributed by atoms with van der Waals surface area (Å²) < 4.78 is 6.60. The highest BCUT2D eigenvalue weighted by Gasteiger charge is 2.62. The van der Waals surface area contributed by atoms with Crippen molar-refractivity contribution in [3.05, 3.63) is 28.2 Å². The van der Waals surface area contributed by atoms with Gasteiger partial charge in [0.15, 0.2) is 0 Å². The molecule has 2 aliphatic rings. The fourth-order valence-electron chi connectivity index (χ4n) is 4.16. The van der Waals surface area contributed by atoms with Crippen LogP contribution in [0.1, 0.15) is 50.4 Å². The maximum absolute atomic E-state index is 12.4. The van der Waals surface area contributed by atoms with E-state index in [9.17, 15) is 4.79 Å². The standard InChI is InChI=1S/C17H22BrNO2/c1-16(2)11-6-7-17(16,3)14(9-11)21-15(20)10-4-5-13(19)12(18)8-10/h4-5,8,11,14H,6-7,9,19H2,1-3H3. The molecule has 114 valence electrons. The molecule has 21 heavy (non-hydrogen) atoms. The monoisotopic (exact) mass is 351 g/mol. The van der Waals surface area contributed by atoms with Crippen molar-refractivity contribution >= 4 is 27.6 Å². The number of hydrogen-bond acceptors (Lipinski definition) is 3. The molecule has 3 rings (SSSR count). The maximum atomic E-state index is 12.4. The molecule has 3 unspecified atom stereocenters. The third-order valence-corrected chi connectivity index (χ3v) is 6.89. The van der Waals surface area contributed by atoms with Gasteiger partial charge >= 0.3 is 5.97 Å². The number of esters is 1. The molecule has 0 radical (unpaired) electrons. The molecule has 2 aliphatic carbocycles. The zero-order valence-electron chi connectivity index (χ0n) is 12.8. The minimum absolute atomic E-state index is 0.0232. The Morgan fingerprint density at radius 2 is 2.10 bits per heavy atom. The molecule has 0 heterocycles. The molecule has 0 spiro atoms. The molecule has 0 saturated heterocycles. The Morgan fingerprint density at radius 3 is 2.62 bits per heavy atom. The smallest absolute Gasteiger partial charge is 0.338 e. The van der Waals surface area contributed by atoms with Gasteiger partial charge in [-0.25, -0.2) is 4.79 Å². The lowest BCUT2D eigenvalue weighted by Crippen LogP contribution is -2.38. The molecule has 2 bridgehead atoms. The van der Waals surface area contributed by atoms with Crippen molar-refractivity contribution in [3.63, 3.8) is 0 Å². The van der Waals surface area contributed by atoms with Gasteiger partial charge in [0.2, 0.25) is 0 Å². The lowest BCUT2D eigenvalue weighted by atomic mass is 9.70. The Bertz CT molecular complexity index is 598. The number of ether oxygens (including phenoxy) is 1. The lowest BCUT2D eigenvalue weighted by Gasteiger charge is -2.38. The molecule has 0 aliphatic heterocycles. The zero-order valence-corrected chi connectivity index (χ0v) is 14.4. The largest absolute Gasteiger partial charge is 0.458 e. The molecule has 0 aromatic heterocycles. The van der Waals surface area contributed by atoms with Gasteiger partial charge < -0.3 is 10.5 Å². The van der Waals surface area contributed by atoms with Crippen LogP contribution in [-0.2, 0) is 4.74 Å². The Labute approximate surface area is 134 Å². The number of nitrogen functional groups attached to an aromatic ring is 1. The van der Waals surface area contributed by atoms with Gasteiger partial charge in [-0.15, -0.1) is 0 Å². The average molecular weight is 352 g/mol. The summed E-state index contributed by atoms with van der Waals surface area (Å²) in [6.07, 6.45) is 3.42. The van der Waals surface area contributed by atoms with E-state index in [0.29, 0.717) is 17.2 Å². The molecule has 4 heteroatoms. The summed E-state index contributed by atoms with van der Waals surface area (Å²) in [6, 6.07) is 5.19. The second-order valence-electron chi connectivity index (χ2n) is 7.24. The summed E-state index contributed by atoms with van der Waals surface area (Å²) >= 11 is 3.36. The predicted molar refractivity (Wildman–Crippen MR) is 87.0 cm³/mol. The van der Waals surface area contributed by atoms with Crippen LogP contribution in [0.15, 0.2) is 22.7 Å². The molecular formula is C17H22BrNO2. The van der Waals surface area contributed by atoms with Gasteiger partial charge in [-0.1, -0.05) is 20.8 Å². The first-order valence-electron chi connectivity index (χ1n) is 7.52. The number of hydrogen-bond donors (Lipinski definition) is 1. The Hall–Kier alpha value is -1.03. The van der Waals surface area contributed by atoms with Gasteiger partial charge in [0, 0.05) is 15.6 Å². The molecule has 0 amide bonds. The van der Waals surface area contributed by atoms with Crippen molar-refractivity contribution in [2.75, 3.05) is 5.73 Å². The summed E-state index contributed by atoms with van der Waals surface area (Å²) in [5.74, 6) is 0.420. The number of rotatable bonds is 2. The lowest BCUT2D eigenvalue weighted by molar-refractivity contribution is -0.0242. The number of carbonyl (C=O) groups is 1. The summed E-state index contributed by atoms with van der Waals surface area (Å²) in [6.45, 7) is 6.91. The number of fused-ring (bicyclic) bond motifs is 2. The van der Waals surface area contributed by atoms with Crippen LogP contribution in [0.2, 0.25) is 0 Å². The van der Waals surface area contributed by atoms with Gasteiger partial charge in [0.1, 0.15) is 6.10 Å². The molecule has 2 fully saturated rings. The molecule has 3 nitrogen and oxygen atoms in total. The van der Waals surface area contributed by atoms with E-state index >= 15 is 0 Å². The van der Waals surface area contributed by atoms with E-state index in [4.69, 9.17) is 10.5 Å². The quantitative estimate of drug-likeness (QED) is 0.634. The van der Waals surface area contributed by atoms with Crippen LogP contribution in [0, 0.1) is 16.7 Å². The van der Waals surface area contributed by atoms with Gasteiger partial charge in [-0.3, -0.25) is 0 Å². The molecule has 1 aromatic carbocycles. The molecule has 2 saturated carbocycles. The van der Waals surface area contributed by atoms with Crippen LogP contribution < -0.4 is 5.73 Å². The SMILES string of the molecule is CC1(C)C2CCC1(C)C(OC(=O)c1ccc(N)c(Br)c1)C2. The van der Waals surface area contributed by atoms with Gasteiger partial charge in [0.25, 0.3) is 0 Å². The highest BCUT2D eigenvalue weighted by Crippen LogP contribution is 2.66. The van der Waals surface area contributed by atoms with E-state index in [-0.39, 0.29) is 22.9 Å². The van der Waals surface area contributed by atoms with Crippen LogP contribution in [0.3, 0.4) is 0 Å². The second-order valence-corrected chi connectivity index (χ2v) is 8.10. The highest BCUT2D eigenvalue weighted by molar-refractivity contribution is 9.10. The number of anilines is 1. The normalized spacial score (nSPS) is 33.1. The van der Waals surface area contributed by atoms with Crippen LogP contribution in [-0.4, -0.2) is 12.1 Å². The third-order valence-electron chi connectivity index (χ3n) is 6.20. The van der Waals surface area contributed by atoms with Crippen molar-refractivity contribution < 1.29 is 9.53 Å². The number of benzene rings is 1. The van der Waals surface area contributed by atoms with Crippen LogP contribution in [0.5, 0.6) is 0 Å². The van der Waals surface area contributed by atoms with Crippen molar-refractivity contribution in [2.45, 2.75) is 46.1 Å². The number of carbonyl (C=O) groups excluding carboxylic acids is 1. The van der Waals surface area contributed by atoms with Crippen molar-refractivity contribution in [3.8, 4) is 0 Å². The summed E-state index contributed by atoms with van der Waals surface area (Å²) in [7, 11) is 0. The summed E-state index contributed by atoms with van der Waals surface area (Å²) in [5.41, 5.74) is 7.29. The first-order chi connectivity index (χ1) is 9.75. The fourth-order valence-corrected chi connectivity index (χ4v) is 4.54. The minimum atomic E-state index is -0.245. The zero-order chi connectivity index (χ0) is 15.4. The fraction of sp³-hybridized carbons (Fsp3) is 0.588. The van der Waals surface area contributed by atoms with E-state index in [1.54, 1.807) is 18.2 Å². The van der Waals surface area contributed by atoms with E-state index in [1.807, 2.05) is 0 Å². The topological polar surface area (TPSA) is 52.3 Å². The second kappa shape index (κ2) is 4.73. The number of halogens is 1. The minimum Gasteiger partial charge on any atom is -0.458 e. The van der Waals surface area contributed by atoms with Gasteiger partial charge in [0.05, 0.1) is 5.56 Å². The molecular weight excluding hydrogens is 330 g/mol. The van der Waals surface area contributed by atoms with Gasteiger partial charge in [-0.2, -0.15) is 0 Å². The van der Waals surface area contributed by atoms with Crippen LogP contribution in [0.4, 0.5) is 5.69 Å². The number of nitrogens with two attached hydrogens (primary N) is 1. The van der Waals surface area contributed by atoms with E-state index in [0.717, 1.165) is 17.3 Å².